The van der Waals surface area contributed by atoms with E-state index in [1.54, 1.807) is 5.32 Å². The predicted molar refractivity (Wildman–Crippen MR) is 76.1 cm³/mol. The molecule has 2 amide bonds. The Morgan fingerprint density at radius 2 is 1.92 bits per heavy atom. The van der Waals surface area contributed by atoms with Crippen LogP contribution >= 0.6 is 0 Å². The van der Waals surface area contributed by atoms with E-state index in [2.05, 4.69) is 5.32 Å². The van der Waals surface area contributed by atoms with Gasteiger partial charge in [-0.15, -0.1) is 0 Å². The largest absolute Gasteiger partial charge is 0.471 e. The molecule has 0 aliphatic heterocycles. The standard InChI is InChI=1S/C15H14F4N2O3/c1-6-8-3-4-10(21-14(24)15(17,18)19)13(23)12(8)11(5-9(6)16)20-7(2)22/h5,10H,3-4H2,1-2H3,(H,20,22)(H,21,24)/t10-/m0/s1. The number of nitrogens with one attached hydrogen (secondary N) is 2. The zero-order valence-corrected chi connectivity index (χ0v) is 12.8. The molecule has 1 aliphatic rings. The van der Waals surface area contributed by atoms with E-state index in [0.717, 1.165) is 13.0 Å². The first kappa shape index (κ1) is 17.9. The van der Waals surface area contributed by atoms with Crippen molar-refractivity contribution in [2.45, 2.75) is 38.9 Å². The predicted octanol–water partition coefficient (Wildman–Crippen LogP) is 2.27. The fourth-order valence-corrected chi connectivity index (χ4v) is 2.66. The van der Waals surface area contributed by atoms with E-state index < -0.39 is 35.6 Å². The molecular formula is C15H14F4N2O3. The SMILES string of the molecule is CC(=O)Nc1cc(F)c(C)c2c1C(=O)[C@@H](NC(=O)C(F)(F)F)CC2. The van der Waals surface area contributed by atoms with Crippen molar-refractivity contribution in [1.82, 2.24) is 5.32 Å². The van der Waals surface area contributed by atoms with Gasteiger partial charge in [0.1, 0.15) is 5.82 Å². The third-order valence-corrected chi connectivity index (χ3v) is 3.77. The topological polar surface area (TPSA) is 75.3 Å². The normalized spacial score (nSPS) is 17.2. The summed E-state index contributed by atoms with van der Waals surface area (Å²) in [6.45, 7) is 2.59. The van der Waals surface area contributed by atoms with Gasteiger partial charge in [-0.05, 0) is 37.0 Å². The number of hydrogen-bond donors (Lipinski definition) is 2. The van der Waals surface area contributed by atoms with Gasteiger partial charge in [0.2, 0.25) is 5.91 Å². The number of hydrogen-bond acceptors (Lipinski definition) is 3. The van der Waals surface area contributed by atoms with Gasteiger partial charge in [-0.3, -0.25) is 14.4 Å². The highest BCUT2D eigenvalue weighted by Gasteiger charge is 2.42. The fraction of sp³-hybridized carbons (Fsp3) is 0.400. The quantitative estimate of drug-likeness (QED) is 0.807. The molecule has 0 saturated heterocycles. The van der Waals surface area contributed by atoms with Crippen LogP contribution in [0.4, 0.5) is 23.2 Å². The van der Waals surface area contributed by atoms with Gasteiger partial charge in [0.05, 0.1) is 11.7 Å². The second-order valence-corrected chi connectivity index (χ2v) is 5.49. The summed E-state index contributed by atoms with van der Waals surface area (Å²) in [6.07, 6.45) is -5.10. The van der Waals surface area contributed by atoms with Crippen LogP contribution in [0.3, 0.4) is 0 Å². The zero-order valence-electron chi connectivity index (χ0n) is 12.8. The molecule has 1 atom stereocenters. The number of carbonyl (C=O) groups excluding carboxylic acids is 3. The molecule has 0 bridgehead atoms. The Bertz CT molecular complexity index is 728. The van der Waals surface area contributed by atoms with Crippen molar-refractivity contribution in [1.29, 1.82) is 0 Å². The third-order valence-electron chi connectivity index (χ3n) is 3.77. The summed E-state index contributed by atoms with van der Waals surface area (Å²) in [4.78, 5) is 34.8. The monoisotopic (exact) mass is 346 g/mol. The summed E-state index contributed by atoms with van der Waals surface area (Å²) in [5.74, 6) is -4.21. The van der Waals surface area contributed by atoms with E-state index in [0.29, 0.717) is 5.56 Å². The Hall–Kier alpha value is -2.45. The van der Waals surface area contributed by atoms with Gasteiger partial charge in [-0.2, -0.15) is 13.2 Å². The number of halogens is 4. The Kier molecular flexibility index (Phi) is 4.63. The maximum atomic E-state index is 13.9. The van der Waals surface area contributed by atoms with E-state index in [1.807, 2.05) is 0 Å². The van der Waals surface area contributed by atoms with Crippen LogP contribution in [0.25, 0.3) is 0 Å². The van der Waals surface area contributed by atoms with Crippen LogP contribution in [-0.4, -0.2) is 29.8 Å². The molecule has 2 N–H and O–H groups in total. The zero-order chi connectivity index (χ0) is 18.2. The average Bonchev–Trinajstić information content (AvgIpc) is 2.44. The lowest BCUT2D eigenvalue weighted by atomic mass is 9.83. The number of ketones is 1. The van der Waals surface area contributed by atoms with E-state index in [1.165, 1.54) is 6.92 Å². The Morgan fingerprint density at radius 3 is 2.46 bits per heavy atom. The first-order chi connectivity index (χ1) is 11.0. The number of alkyl halides is 3. The van der Waals surface area contributed by atoms with Gasteiger partial charge >= 0.3 is 12.1 Å². The minimum absolute atomic E-state index is 0.0668. The number of benzene rings is 1. The molecule has 0 aromatic heterocycles. The van der Waals surface area contributed by atoms with Crippen LogP contribution in [-0.2, 0) is 16.0 Å². The molecule has 9 heteroatoms. The molecule has 1 aromatic rings. The van der Waals surface area contributed by atoms with Crippen LogP contribution in [0.5, 0.6) is 0 Å². The molecule has 0 heterocycles. The van der Waals surface area contributed by atoms with Crippen molar-refractivity contribution in [3.8, 4) is 0 Å². The molecule has 0 radical (unpaired) electrons. The lowest BCUT2D eigenvalue weighted by Crippen LogP contribution is -2.48. The summed E-state index contributed by atoms with van der Waals surface area (Å²) < 4.78 is 51.0. The lowest BCUT2D eigenvalue weighted by Gasteiger charge is -2.27. The fourth-order valence-electron chi connectivity index (χ4n) is 2.66. The van der Waals surface area contributed by atoms with Crippen LogP contribution in [0.15, 0.2) is 6.07 Å². The Morgan fingerprint density at radius 1 is 1.29 bits per heavy atom. The van der Waals surface area contributed by atoms with Crippen molar-refractivity contribution in [2.75, 3.05) is 5.32 Å². The van der Waals surface area contributed by atoms with Crippen molar-refractivity contribution < 1.29 is 31.9 Å². The highest BCUT2D eigenvalue weighted by molar-refractivity contribution is 6.10. The van der Waals surface area contributed by atoms with Crippen molar-refractivity contribution in [3.05, 3.63) is 28.6 Å². The Labute approximate surface area is 134 Å². The summed E-state index contributed by atoms with van der Waals surface area (Å²) >= 11 is 0. The molecule has 0 unspecified atom stereocenters. The number of carbonyl (C=O) groups is 3. The summed E-state index contributed by atoms with van der Waals surface area (Å²) in [7, 11) is 0. The molecular weight excluding hydrogens is 332 g/mol. The van der Waals surface area contributed by atoms with E-state index in [9.17, 15) is 31.9 Å². The maximum Gasteiger partial charge on any atom is 0.471 e. The first-order valence-corrected chi connectivity index (χ1v) is 7.03. The molecule has 5 nitrogen and oxygen atoms in total. The van der Waals surface area contributed by atoms with Crippen LogP contribution in [0, 0.1) is 12.7 Å². The van der Waals surface area contributed by atoms with E-state index in [4.69, 9.17) is 0 Å². The van der Waals surface area contributed by atoms with E-state index in [-0.39, 0.29) is 29.7 Å². The second kappa shape index (κ2) is 6.21. The van der Waals surface area contributed by atoms with Gasteiger partial charge < -0.3 is 10.6 Å². The summed E-state index contributed by atoms with van der Waals surface area (Å²) in [5.41, 5.74) is 0.327. The van der Waals surface area contributed by atoms with Crippen LogP contribution in [0.2, 0.25) is 0 Å². The summed E-state index contributed by atoms with van der Waals surface area (Å²) in [5, 5.41) is 3.94. The molecule has 1 aromatic carbocycles. The molecule has 2 rings (SSSR count). The smallest absolute Gasteiger partial charge is 0.338 e. The second-order valence-electron chi connectivity index (χ2n) is 5.49. The number of Topliss-reactive ketones (excluding diaryl/α,β-unsaturated/α-hetero) is 1. The average molecular weight is 346 g/mol. The number of anilines is 1. The molecule has 1 aliphatic carbocycles. The highest BCUT2D eigenvalue weighted by Crippen LogP contribution is 2.33. The third kappa shape index (κ3) is 3.39. The molecule has 0 saturated carbocycles. The number of rotatable bonds is 2. The van der Waals surface area contributed by atoms with Crippen molar-refractivity contribution >= 4 is 23.3 Å². The minimum atomic E-state index is -5.11. The molecule has 130 valence electrons. The van der Waals surface area contributed by atoms with E-state index >= 15 is 0 Å². The van der Waals surface area contributed by atoms with Crippen LogP contribution < -0.4 is 10.6 Å². The van der Waals surface area contributed by atoms with Gasteiger partial charge in [0.25, 0.3) is 0 Å². The lowest BCUT2D eigenvalue weighted by molar-refractivity contribution is -0.174. The van der Waals surface area contributed by atoms with Crippen molar-refractivity contribution in [3.63, 3.8) is 0 Å². The van der Waals surface area contributed by atoms with Gasteiger partial charge in [-0.1, -0.05) is 0 Å². The Balaban J connectivity index is 2.43. The van der Waals surface area contributed by atoms with Gasteiger partial charge in [-0.25, -0.2) is 4.39 Å². The minimum Gasteiger partial charge on any atom is -0.338 e. The van der Waals surface area contributed by atoms with Gasteiger partial charge in [0, 0.05) is 12.5 Å². The molecule has 0 spiro atoms. The molecule has 0 fully saturated rings. The number of fused-ring (bicyclic) bond motifs is 1. The number of amides is 2. The van der Waals surface area contributed by atoms with Gasteiger partial charge in [0.15, 0.2) is 5.78 Å². The molecule has 24 heavy (non-hydrogen) atoms. The highest BCUT2D eigenvalue weighted by atomic mass is 19.4. The summed E-state index contributed by atoms with van der Waals surface area (Å²) in [6, 6.07) is -0.439. The van der Waals surface area contributed by atoms with Crippen LogP contribution in [0.1, 0.15) is 34.8 Å². The maximum absolute atomic E-state index is 13.9. The first-order valence-electron chi connectivity index (χ1n) is 7.03. The van der Waals surface area contributed by atoms with Crippen molar-refractivity contribution in [2.24, 2.45) is 0 Å².